The number of alkyl halides is 2. The summed E-state index contributed by atoms with van der Waals surface area (Å²) in [6.45, 7) is -1.71. The molecule has 0 bridgehead atoms. The van der Waals surface area contributed by atoms with E-state index in [0.717, 1.165) is 13.2 Å². The number of nitro benzene ring substituents is 1. The summed E-state index contributed by atoms with van der Waals surface area (Å²) in [5.74, 6) is -2.79. The number of hydrogen-bond donors (Lipinski definition) is 2. The third-order valence-electron chi connectivity index (χ3n) is 3.11. The van der Waals surface area contributed by atoms with Crippen molar-refractivity contribution < 1.29 is 37.9 Å². The van der Waals surface area contributed by atoms with Crippen LogP contribution in [0.1, 0.15) is 30.1 Å². The fraction of sp³-hybridized carbons (Fsp3) is 0.429. The number of ether oxygens (including phenoxy) is 2. The summed E-state index contributed by atoms with van der Waals surface area (Å²) in [6, 6.07) is 1.00. The number of nitrogens with one attached hydrogen (secondary N) is 1. The van der Waals surface area contributed by atoms with Gasteiger partial charge in [-0.2, -0.15) is 8.78 Å². The first-order valence-electron chi connectivity index (χ1n) is 6.99. The number of nitro groups is 1. The lowest BCUT2D eigenvalue weighted by Gasteiger charge is -2.15. The maximum absolute atomic E-state index is 12.4. The summed E-state index contributed by atoms with van der Waals surface area (Å²) in [6.07, 6.45) is -0.0907. The quantitative estimate of drug-likeness (QED) is 0.509. The van der Waals surface area contributed by atoms with Crippen LogP contribution in [-0.2, 0) is 4.79 Å². The van der Waals surface area contributed by atoms with Crippen molar-refractivity contribution in [3.63, 3.8) is 0 Å². The van der Waals surface area contributed by atoms with Gasteiger partial charge in [-0.15, -0.1) is 0 Å². The molecule has 0 aliphatic heterocycles. The fourth-order valence-electron chi connectivity index (χ4n) is 1.94. The van der Waals surface area contributed by atoms with Crippen molar-refractivity contribution in [2.45, 2.75) is 32.4 Å². The molecule has 0 aromatic heterocycles. The molecule has 1 amide bonds. The Bertz CT molecular complexity index is 667. The van der Waals surface area contributed by atoms with Gasteiger partial charge in [0.2, 0.25) is 0 Å². The van der Waals surface area contributed by atoms with E-state index in [1.807, 2.05) is 0 Å². The fourth-order valence-corrected chi connectivity index (χ4v) is 1.94. The second-order valence-corrected chi connectivity index (χ2v) is 4.96. The highest BCUT2D eigenvalue weighted by Crippen LogP contribution is 2.35. The van der Waals surface area contributed by atoms with Gasteiger partial charge in [-0.3, -0.25) is 19.7 Å². The smallest absolute Gasteiger partial charge is 0.387 e. The Hall–Kier alpha value is -2.98. The van der Waals surface area contributed by atoms with Gasteiger partial charge in [-0.05, 0) is 13.3 Å². The van der Waals surface area contributed by atoms with Crippen LogP contribution in [0.25, 0.3) is 0 Å². The monoisotopic (exact) mass is 362 g/mol. The molecule has 0 heterocycles. The van der Waals surface area contributed by atoms with Gasteiger partial charge in [-0.1, -0.05) is 0 Å². The van der Waals surface area contributed by atoms with E-state index >= 15 is 0 Å². The van der Waals surface area contributed by atoms with E-state index < -0.39 is 46.5 Å². The third-order valence-corrected chi connectivity index (χ3v) is 3.11. The van der Waals surface area contributed by atoms with Crippen LogP contribution in [0.15, 0.2) is 12.1 Å². The normalized spacial score (nSPS) is 11.7. The predicted molar refractivity (Wildman–Crippen MR) is 80.1 cm³/mol. The number of halogens is 2. The number of carbonyl (C=O) groups excluding carboxylic acids is 1. The van der Waals surface area contributed by atoms with Crippen LogP contribution in [0.3, 0.4) is 0 Å². The van der Waals surface area contributed by atoms with Crippen molar-refractivity contribution in [3.05, 3.63) is 27.8 Å². The van der Waals surface area contributed by atoms with Crippen molar-refractivity contribution in [2.24, 2.45) is 0 Å². The van der Waals surface area contributed by atoms with E-state index in [9.17, 15) is 28.5 Å². The van der Waals surface area contributed by atoms with Crippen molar-refractivity contribution in [1.29, 1.82) is 0 Å². The lowest BCUT2D eigenvalue weighted by Crippen LogP contribution is -2.33. The molecule has 25 heavy (non-hydrogen) atoms. The number of rotatable bonds is 9. The number of aliphatic carboxylic acids is 1. The minimum Gasteiger partial charge on any atom is -0.493 e. The van der Waals surface area contributed by atoms with Gasteiger partial charge in [0.15, 0.2) is 11.5 Å². The molecule has 1 unspecified atom stereocenters. The number of hydrogen-bond acceptors (Lipinski definition) is 6. The summed E-state index contributed by atoms with van der Waals surface area (Å²) < 4.78 is 33.7. The van der Waals surface area contributed by atoms with Crippen LogP contribution in [0.4, 0.5) is 14.5 Å². The molecule has 2 N–H and O–H groups in total. The van der Waals surface area contributed by atoms with Crippen molar-refractivity contribution in [3.8, 4) is 11.5 Å². The average molecular weight is 362 g/mol. The Morgan fingerprint density at radius 1 is 1.36 bits per heavy atom. The SMILES string of the molecule is COc1cc(C(=O)NC(C)CCC(=O)O)c([N+](=O)[O-])cc1OC(F)F. The molecule has 0 aliphatic carbocycles. The van der Waals surface area contributed by atoms with Crippen LogP contribution in [0.5, 0.6) is 11.5 Å². The molecule has 138 valence electrons. The molecule has 0 saturated carbocycles. The van der Waals surface area contributed by atoms with E-state index in [0.29, 0.717) is 6.07 Å². The van der Waals surface area contributed by atoms with E-state index in [-0.39, 0.29) is 18.6 Å². The lowest BCUT2D eigenvalue weighted by molar-refractivity contribution is -0.385. The minimum absolute atomic E-state index is 0.110. The van der Waals surface area contributed by atoms with E-state index in [1.54, 1.807) is 0 Å². The summed E-state index contributed by atoms with van der Waals surface area (Å²) in [7, 11) is 1.12. The van der Waals surface area contributed by atoms with Gasteiger partial charge in [-0.25, -0.2) is 0 Å². The molecule has 1 aromatic carbocycles. The maximum atomic E-state index is 12.4. The number of carboxylic acids is 1. The van der Waals surface area contributed by atoms with Crippen LogP contribution in [0, 0.1) is 10.1 Å². The first-order chi connectivity index (χ1) is 11.6. The van der Waals surface area contributed by atoms with Gasteiger partial charge in [0.05, 0.1) is 18.1 Å². The highest BCUT2D eigenvalue weighted by Gasteiger charge is 2.26. The Balaban J connectivity index is 3.13. The third kappa shape index (κ3) is 5.86. The van der Waals surface area contributed by atoms with Crippen LogP contribution in [-0.4, -0.2) is 41.7 Å². The summed E-state index contributed by atoms with van der Waals surface area (Å²) in [5, 5.41) is 22.1. The van der Waals surface area contributed by atoms with E-state index in [2.05, 4.69) is 10.1 Å². The summed E-state index contributed by atoms with van der Waals surface area (Å²) in [4.78, 5) is 32.9. The Kier molecular flexibility index (Phi) is 7.03. The number of methoxy groups -OCH3 is 1. The second kappa shape index (κ2) is 8.76. The molecule has 0 fully saturated rings. The molecule has 9 nitrogen and oxygen atoms in total. The van der Waals surface area contributed by atoms with Crippen molar-refractivity contribution in [1.82, 2.24) is 5.32 Å². The zero-order valence-corrected chi connectivity index (χ0v) is 13.3. The Morgan fingerprint density at radius 2 is 2.00 bits per heavy atom. The molecular formula is C14H16F2N2O7. The topological polar surface area (TPSA) is 128 Å². The standard InChI is InChI=1S/C14H16F2N2O7/c1-7(3-4-12(19)20)17-13(21)8-5-10(24-2)11(25-14(15)16)6-9(8)18(22)23/h5-7,14H,3-4H2,1-2H3,(H,17,21)(H,19,20). The lowest BCUT2D eigenvalue weighted by atomic mass is 10.1. The Labute approximate surface area is 140 Å². The minimum atomic E-state index is -3.23. The van der Waals surface area contributed by atoms with Gasteiger partial charge < -0.3 is 19.9 Å². The number of carboxylic acid groups (broad SMARTS) is 1. The molecular weight excluding hydrogens is 346 g/mol. The molecule has 1 rings (SSSR count). The Morgan fingerprint density at radius 3 is 2.48 bits per heavy atom. The zero-order chi connectivity index (χ0) is 19.1. The first kappa shape index (κ1) is 20.1. The molecule has 1 aromatic rings. The predicted octanol–water partition coefficient (Wildman–Crippen LogP) is 2.19. The van der Waals surface area contributed by atoms with Crippen molar-refractivity contribution in [2.75, 3.05) is 7.11 Å². The van der Waals surface area contributed by atoms with Crippen LogP contribution in [0.2, 0.25) is 0 Å². The highest BCUT2D eigenvalue weighted by atomic mass is 19.3. The molecule has 1 atom stereocenters. The maximum Gasteiger partial charge on any atom is 0.387 e. The molecule has 0 radical (unpaired) electrons. The zero-order valence-electron chi connectivity index (χ0n) is 13.3. The molecule has 0 saturated heterocycles. The average Bonchev–Trinajstić information content (AvgIpc) is 2.51. The van der Waals surface area contributed by atoms with Crippen LogP contribution < -0.4 is 14.8 Å². The number of benzene rings is 1. The van der Waals surface area contributed by atoms with Crippen molar-refractivity contribution >= 4 is 17.6 Å². The van der Waals surface area contributed by atoms with E-state index in [4.69, 9.17) is 9.84 Å². The van der Waals surface area contributed by atoms with Gasteiger partial charge in [0.25, 0.3) is 11.6 Å². The van der Waals surface area contributed by atoms with Gasteiger partial charge in [0, 0.05) is 18.5 Å². The number of nitrogens with zero attached hydrogens (tertiary/aromatic N) is 1. The first-order valence-corrected chi connectivity index (χ1v) is 6.99. The largest absolute Gasteiger partial charge is 0.493 e. The number of amides is 1. The summed E-state index contributed by atoms with van der Waals surface area (Å²) in [5.41, 5.74) is -1.18. The second-order valence-electron chi connectivity index (χ2n) is 4.96. The van der Waals surface area contributed by atoms with E-state index in [1.165, 1.54) is 6.92 Å². The van der Waals surface area contributed by atoms with Gasteiger partial charge in [0.1, 0.15) is 5.56 Å². The molecule has 11 heteroatoms. The highest BCUT2D eigenvalue weighted by molar-refractivity contribution is 5.99. The van der Waals surface area contributed by atoms with Crippen LogP contribution >= 0.6 is 0 Å². The summed E-state index contributed by atoms with van der Waals surface area (Å²) >= 11 is 0. The number of carbonyl (C=O) groups is 2. The molecule has 0 spiro atoms. The van der Waals surface area contributed by atoms with Gasteiger partial charge >= 0.3 is 12.6 Å². The molecule has 0 aliphatic rings.